The van der Waals surface area contributed by atoms with Gasteiger partial charge in [-0.3, -0.25) is 4.79 Å². The Kier molecular flexibility index (Phi) is 5.77. The molecule has 8 nitrogen and oxygen atoms in total. The predicted octanol–water partition coefficient (Wildman–Crippen LogP) is 1.88. The van der Waals surface area contributed by atoms with Crippen LogP contribution in [0.15, 0.2) is 0 Å². The summed E-state index contributed by atoms with van der Waals surface area (Å²) in [4.78, 5) is 35.7. The van der Waals surface area contributed by atoms with E-state index in [0.717, 1.165) is 37.5 Å². The summed E-state index contributed by atoms with van der Waals surface area (Å²) in [6.07, 6.45) is 5.45. The summed E-state index contributed by atoms with van der Waals surface area (Å²) in [6.45, 7) is 6.15. The standard InChI is InChI=1S/C20H34N4O4/c1-19(2,3)28-18(27)24-20(11-23-16(25)4-5-22-17(21)26)14-7-12-6-13(9-14)10-15(20)8-12/h12-15H,4-11H2,1-3H3,(H,23,25)(H,24,27)(H3,21,22,26). The van der Waals surface area contributed by atoms with Gasteiger partial charge in [0, 0.05) is 19.5 Å². The third-order valence-electron chi connectivity index (χ3n) is 6.56. The third-order valence-corrected chi connectivity index (χ3v) is 6.56. The number of nitrogens with one attached hydrogen (secondary N) is 3. The van der Waals surface area contributed by atoms with E-state index in [1.54, 1.807) is 0 Å². The molecule has 0 aromatic heterocycles. The van der Waals surface area contributed by atoms with E-state index in [1.807, 2.05) is 20.8 Å². The van der Waals surface area contributed by atoms with Gasteiger partial charge in [-0.25, -0.2) is 9.59 Å². The molecule has 0 saturated heterocycles. The monoisotopic (exact) mass is 394 g/mol. The fourth-order valence-corrected chi connectivity index (χ4v) is 5.69. The second kappa shape index (κ2) is 7.79. The van der Waals surface area contributed by atoms with Crippen LogP contribution >= 0.6 is 0 Å². The lowest BCUT2D eigenvalue weighted by molar-refractivity contribution is -0.123. The molecule has 0 unspecified atom stereocenters. The van der Waals surface area contributed by atoms with E-state index >= 15 is 0 Å². The van der Waals surface area contributed by atoms with Gasteiger partial charge in [-0.05, 0) is 76.5 Å². The smallest absolute Gasteiger partial charge is 0.408 e. The zero-order chi connectivity index (χ0) is 20.5. The molecule has 0 aromatic rings. The van der Waals surface area contributed by atoms with Crippen LogP contribution in [0.1, 0.15) is 59.3 Å². The molecule has 0 atom stereocenters. The van der Waals surface area contributed by atoms with Crippen molar-refractivity contribution >= 4 is 18.0 Å². The van der Waals surface area contributed by atoms with Crippen LogP contribution in [-0.4, -0.2) is 42.3 Å². The lowest BCUT2D eigenvalue weighted by atomic mass is 9.48. The molecule has 0 aliphatic heterocycles. The number of urea groups is 1. The van der Waals surface area contributed by atoms with Crippen LogP contribution in [0.4, 0.5) is 9.59 Å². The maximum atomic E-state index is 12.6. The molecule has 4 aliphatic carbocycles. The molecular formula is C20H34N4O4. The number of ether oxygens (including phenoxy) is 1. The Bertz CT molecular complexity index is 600. The molecule has 0 heterocycles. The van der Waals surface area contributed by atoms with E-state index in [4.69, 9.17) is 10.5 Å². The number of nitrogens with two attached hydrogens (primary N) is 1. The van der Waals surface area contributed by atoms with Crippen LogP contribution in [0.3, 0.4) is 0 Å². The van der Waals surface area contributed by atoms with Gasteiger partial charge in [-0.1, -0.05) is 0 Å². The summed E-state index contributed by atoms with van der Waals surface area (Å²) in [7, 11) is 0. The van der Waals surface area contributed by atoms with Crippen molar-refractivity contribution in [3.05, 3.63) is 0 Å². The molecule has 0 spiro atoms. The number of hydrogen-bond acceptors (Lipinski definition) is 4. The minimum atomic E-state index is -0.642. The van der Waals surface area contributed by atoms with Crippen molar-refractivity contribution in [2.45, 2.75) is 70.4 Å². The fourth-order valence-electron chi connectivity index (χ4n) is 5.69. The summed E-state index contributed by atoms with van der Waals surface area (Å²) < 4.78 is 5.54. The van der Waals surface area contributed by atoms with E-state index in [-0.39, 0.29) is 18.9 Å². The first-order valence-electron chi connectivity index (χ1n) is 10.4. The van der Waals surface area contributed by atoms with Gasteiger partial charge >= 0.3 is 12.1 Å². The summed E-state index contributed by atoms with van der Waals surface area (Å²) in [5, 5.41) is 8.61. The van der Waals surface area contributed by atoms with Crippen LogP contribution in [0, 0.1) is 23.7 Å². The summed E-state index contributed by atoms with van der Waals surface area (Å²) in [6, 6.07) is -0.642. The van der Waals surface area contributed by atoms with Gasteiger partial charge in [0.25, 0.3) is 0 Å². The predicted molar refractivity (Wildman–Crippen MR) is 104 cm³/mol. The van der Waals surface area contributed by atoms with Crippen molar-refractivity contribution in [3.63, 3.8) is 0 Å². The van der Waals surface area contributed by atoms with Crippen molar-refractivity contribution in [2.75, 3.05) is 13.1 Å². The topological polar surface area (TPSA) is 123 Å². The average molecular weight is 395 g/mol. The lowest BCUT2D eigenvalue weighted by Crippen LogP contribution is -2.70. The highest BCUT2D eigenvalue weighted by atomic mass is 16.6. The van der Waals surface area contributed by atoms with Crippen LogP contribution in [0.25, 0.3) is 0 Å². The van der Waals surface area contributed by atoms with E-state index < -0.39 is 23.3 Å². The molecule has 4 saturated carbocycles. The second-order valence-corrected chi connectivity index (χ2v) is 9.79. The summed E-state index contributed by atoms with van der Waals surface area (Å²) in [5.41, 5.74) is 4.01. The van der Waals surface area contributed by atoms with E-state index in [1.165, 1.54) is 6.42 Å². The first-order valence-corrected chi connectivity index (χ1v) is 10.4. The zero-order valence-corrected chi connectivity index (χ0v) is 17.2. The Morgan fingerprint density at radius 2 is 1.57 bits per heavy atom. The molecule has 158 valence electrons. The van der Waals surface area contributed by atoms with Crippen molar-refractivity contribution in [2.24, 2.45) is 29.4 Å². The number of hydrogen-bond donors (Lipinski definition) is 4. The maximum absolute atomic E-state index is 12.6. The Hall–Kier alpha value is -1.99. The zero-order valence-electron chi connectivity index (χ0n) is 17.2. The molecule has 0 aromatic carbocycles. The van der Waals surface area contributed by atoms with E-state index in [2.05, 4.69) is 16.0 Å². The molecule has 0 radical (unpaired) electrons. The lowest BCUT2D eigenvalue weighted by Gasteiger charge is -2.61. The van der Waals surface area contributed by atoms with Gasteiger partial charge in [0.05, 0.1) is 5.54 Å². The molecule has 5 N–H and O–H groups in total. The summed E-state index contributed by atoms with van der Waals surface area (Å²) >= 11 is 0. The van der Waals surface area contributed by atoms with E-state index in [9.17, 15) is 14.4 Å². The first-order chi connectivity index (χ1) is 13.1. The number of rotatable bonds is 6. The number of alkyl carbamates (subject to hydrolysis) is 1. The largest absolute Gasteiger partial charge is 0.444 e. The van der Waals surface area contributed by atoms with E-state index in [0.29, 0.717) is 18.4 Å². The molecule has 4 amide bonds. The molecule has 28 heavy (non-hydrogen) atoms. The Morgan fingerprint density at radius 3 is 2.07 bits per heavy atom. The highest BCUT2D eigenvalue weighted by Crippen LogP contribution is 2.58. The molecule has 4 bridgehead atoms. The van der Waals surface area contributed by atoms with Gasteiger partial charge in [-0.2, -0.15) is 0 Å². The van der Waals surface area contributed by atoms with Gasteiger partial charge in [0.1, 0.15) is 5.60 Å². The van der Waals surface area contributed by atoms with Crippen LogP contribution in [-0.2, 0) is 9.53 Å². The summed E-state index contributed by atoms with van der Waals surface area (Å²) in [5.74, 6) is 2.05. The third kappa shape index (κ3) is 4.70. The molecule has 8 heteroatoms. The molecule has 4 rings (SSSR count). The van der Waals surface area contributed by atoms with Gasteiger partial charge < -0.3 is 26.4 Å². The fraction of sp³-hybridized carbons (Fsp3) is 0.850. The minimum Gasteiger partial charge on any atom is -0.444 e. The first kappa shape index (κ1) is 20.7. The SMILES string of the molecule is CC(C)(C)OC(=O)NC1(CNC(=O)CCNC(N)=O)C2CC3CC(C2)CC1C3. The minimum absolute atomic E-state index is 0.159. The molecule has 4 aliphatic rings. The van der Waals surface area contributed by atoms with Crippen molar-refractivity contribution < 1.29 is 19.1 Å². The highest BCUT2D eigenvalue weighted by Gasteiger charge is 2.58. The Balaban J connectivity index is 1.68. The average Bonchev–Trinajstić information content (AvgIpc) is 2.54. The Labute approximate surface area is 166 Å². The maximum Gasteiger partial charge on any atom is 0.408 e. The number of amides is 4. The highest BCUT2D eigenvalue weighted by molar-refractivity contribution is 5.78. The van der Waals surface area contributed by atoms with Crippen molar-refractivity contribution in [1.29, 1.82) is 0 Å². The van der Waals surface area contributed by atoms with Gasteiger partial charge in [-0.15, -0.1) is 0 Å². The van der Waals surface area contributed by atoms with Gasteiger partial charge in [0.15, 0.2) is 0 Å². The normalized spacial score (nSPS) is 33.2. The molecule has 4 fully saturated rings. The second-order valence-electron chi connectivity index (χ2n) is 9.79. The quantitative estimate of drug-likeness (QED) is 0.549. The van der Waals surface area contributed by atoms with Crippen molar-refractivity contribution in [3.8, 4) is 0 Å². The van der Waals surface area contributed by atoms with Gasteiger partial charge in [0.2, 0.25) is 5.91 Å². The van der Waals surface area contributed by atoms with Crippen molar-refractivity contribution in [1.82, 2.24) is 16.0 Å². The van der Waals surface area contributed by atoms with Crippen LogP contribution in [0.5, 0.6) is 0 Å². The number of primary amides is 1. The molecular weight excluding hydrogens is 360 g/mol. The Morgan fingerprint density at radius 1 is 1.00 bits per heavy atom. The van der Waals surface area contributed by atoms with Crippen LogP contribution in [0.2, 0.25) is 0 Å². The number of carbonyl (C=O) groups is 3. The number of carbonyl (C=O) groups excluding carboxylic acids is 3. The van der Waals surface area contributed by atoms with Crippen LogP contribution < -0.4 is 21.7 Å².